The van der Waals surface area contributed by atoms with E-state index in [2.05, 4.69) is 62.3 Å². The normalized spacial score (nSPS) is 15.6. The highest BCUT2D eigenvalue weighted by Gasteiger charge is 2.46. The molecule has 0 fully saturated rings. The van der Waals surface area contributed by atoms with Gasteiger partial charge in [0.2, 0.25) is 0 Å². The highest BCUT2D eigenvalue weighted by Crippen LogP contribution is 2.41. The number of hydrogen-bond donors (Lipinski definition) is 0. The van der Waals surface area contributed by atoms with Crippen molar-refractivity contribution in [2.24, 2.45) is 4.99 Å². The van der Waals surface area contributed by atoms with E-state index in [9.17, 15) is 17.6 Å². The van der Waals surface area contributed by atoms with Crippen LogP contribution in [0.1, 0.15) is 122 Å². The fraction of sp³-hybridized carbons (Fsp3) is 0.421. The van der Waals surface area contributed by atoms with Gasteiger partial charge in [-0.3, -0.25) is 0 Å². The van der Waals surface area contributed by atoms with E-state index < -0.39 is 58.0 Å². The second kappa shape index (κ2) is 20.5. The van der Waals surface area contributed by atoms with Crippen LogP contribution in [-0.2, 0) is 31.0 Å². The van der Waals surface area contributed by atoms with Gasteiger partial charge < -0.3 is 13.8 Å². The Morgan fingerprint density at radius 2 is 0.886 bits per heavy atom. The van der Waals surface area contributed by atoms with Crippen molar-refractivity contribution >= 4 is 24.6 Å². The molecule has 0 bridgehead atoms. The average molecular weight is 973 g/mol. The third kappa shape index (κ3) is 12.4. The second-order valence-corrected chi connectivity index (χ2v) is 22.3. The molecule has 6 rings (SSSR count). The van der Waals surface area contributed by atoms with Gasteiger partial charge in [-0.2, -0.15) is 0 Å². The Balaban J connectivity index is 1.71. The highest BCUT2D eigenvalue weighted by atomic mass is 19.3. The van der Waals surface area contributed by atoms with Gasteiger partial charge in [-0.15, -0.1) is 0 Å². The molecule has 374 valence electrons. The van der Waals surface area contributed by atoms with Gasteiger partial charge in [0.05, 0.1) is 11.4 Å². The molecule has 13 heteroatoms. The van der Waals surface area contributed by atoms with Gasteiger partial charge in [0.1, 0.15) is 26.6 Å². The van der Waals surface area contributed by atoms with Gasteiger partial charge in [0, 0.05) is 28.1 Å². The first-order valence-corrected chi connectivity index (χ1v) is 23.5. The molecule has 0 amide bonds. The van der Waals surface area contributed by atoms with E-state index in [-0.39, 0.29) is 33.0 Å². The van der Waals surface area contributed by atoms with Crippen molar-refractivity contribution in [3.05, 3.63) is 154 Å². The number of alkyl halides is 8. The SMILES string of the molecule is CC(C)(C)c1ccc(C2=CC(c3ccc(C(C)(C)C)cc3)=N/C2=C\c2c(-c3ccc(C(C)(C)C)cc3)cc(-c3ccc(C(C)(C)C)cc3)n2B(OCC(F)(F)C(F)CF)OCC(F)(F)C(F)CF)cc1. The van der Waals surface area contributed by atoms with Crippen LogP contribution in [0.15, 0.2) is 120 Å². The van der Waals surface area contributed by atoms with Crippen LogP contribution < -0.4 is 0 Å². The fourth-order valence-corrected chi connectivity index (χ4v) is 7.97. The molecule has 0 N–H and O–H groups in total. The molecule has 4 nitrogen and oxygen atoms in total. The Morgan fingerprint density at radius 1 is 0.529 bits per heavy atom. The molecule has 2 unspecified atom stereocenters. The molecule has 4 aromatic carbocycles. The lowest BCUT2D eigenvalue weighted by atomic mass is 9.85. The fourth-order valence-electron chi connectivity index (χ4n) is 7.97. The largest absolute Gasteiger partial charge is 0.598 e. The third-order valence-electron chi connectivity index (χ3n) is 12.6. The zero-order valence-electron chi connectivity index (χ0n) is 42.3. The second-order valence-electron chi connectivity index (χ2n) is 22.3. The van der Waals surface area contributed by atoms with Gasteiger partial charge in [0.25, 0.3) is 0 Å². The van der Waals surface area contributed by atoms with E-state index in [1.165, 1.54) is 4.48 Å². The van der Waals surface area contributed by atoms with E-state index in [4.69, 9.17) is 14.3 Å². The van der Waals surface area contributed by atoms with Crippen LogP contribution >= 0.6 is 0 Å². The van der Waals surface area contributed by atoms with Crippen LogP contribution in [0.5, 0.6) is 0 Å². The van der Waals surface area contributed by atoms with Crippen LogP contribution in [0.2, 0.25) is 0 Å². The van der Waals surface area contributed by atoms with Crippen LogP contribution in [0.4, 0.5) is 35.1 Å². The summed E-state index contributed by atoms with van der Waals surface area (Å²) in [5.74, 6) is -8.93. The summed E-state index contributed by atoms with van der Waals surface area (Å²) in [4.78, 5) is 5.18. The van der Waals surface area contributed by atoms with Crippen molar-refractivity contribution in [2.45, 2.75) is 129 Å². The number of aliphatic imine (C=N–C) groups is 1. The van der Waals surface area contributed by atoms with Crippen LogP contribution in [-0.4, -0.2) is 68.2 Å². The Bertz CT molecular complexity index is 2650. The number of allylic oxidation sites excluding steroid dienone is 2. The minimum Gasteiger partial charge on any atom is -0.385 e. The first-order valence-electron chi connectivity index (χ1n) is 23.5. The average Bonchev–Trinajstić information content (AvgIpc) is 3.89. The molecule has 2 heterocycles. The minimum atomic E-state index is -4.46. The minimum absolute atomic E-state index is 0.128. The number of rotatable bonds is 16. The first kappa shape index (κ1) is 54.1. The van der Waals surface area contributed by atoms with Gasteiger partial charge in [-0.1, -0.05) is 180 Å². The summed E-state index contributed by atoms with van der Waals surface area (Å²) in [6.07, 6.45) is -3.02. The Labute approximate surface area is 409 Å². The lowest BCUT2D eigenvalue weighted by Gasteiger charge is -2.26. The summed E-state index contributed by atoms with van der Waals surface area (Å²) in [6, 6.07) is 32.7. The van der Waals surface area contributed by atoms with Gasteiger partial charge in [-0.25, -0.2) is 40.1 Å². The van der Waals surface area contributed by atoms with Crippen LogP contribution in [0, 0.1) is 0 Å². The summed E-state index contributed by atoms with van der Waals surface area (Å²) >= 11 is 0. The molecule has 5 aromatic rings. The number of aromatic nitrogens is 1. The molecule has 2 atom stereocenters. The lowest BCUT2D eigenvalue weighted by molar-refractivity contribution is -0.124. The van der Waals surface area contributed by atoms with Crippen LogP contribution in [0.25, 0.3) is 34.0 Å². The monoisotopic (exact) mass is 973 g/mol. The van der Waals surface area contributed by atoms with Crippen LogP contribution in [0.3, 0.4) is 0 Å². The smallest absolute Gasteiger partial charge is 0.385 e. The topological polar surface area (TPSA) is 35.8 Å². The van der Waals surface area contributed by atoms with Gasteiger partial charge in [0.15, 0.2) is 12.3 Å². The summed E-state index contributed by atoms with van der Waals surface area (Å²) in [5.41, 5.74) is 8.41. The quantitative estimate of drug-likeness (QED) is 0.0730. The predicted octanol–water partition coefficient (Wildman–Crippen LogP) is 15.7. The maximum Gasteiger partial charge on any atom is 0.598 e. The molecule has 0 spiro atoms. The third-order valence-corrected chi connectivity index (χ3v) is 12.6. The lowest BCUT2D eigenvalue weighted by Crippen LogP contribution is -2.45. The van der Waals surface area contributed by atoms with Crippen molar-refractivity contribution in [3.63, 3.8) is 0 Å². The molecule has 0 radical (unpaired) electrons. The maximum absolute atomic E-state index is 15.3. The molecular weight excluding hydrogens is 907 g/mol. The number of nitrogens with zero attached hydrogens (tertiary/aromatic N) is 2. The van der Waals surface area contributed by atoms with E-state index in [1.807, 2.05) is 112 Å². The molecule has 1 aromatic heterocycles. The molecule has 0 saturated carbocycles. The summed E-state index contributed by atoms with van der Waals surface area (Å²) in [6.45, 7) is 17.1. The van der Waals surface area contributed by atoms with Gasteiger partial charge in [-0.05, 0) is 78.8 Å². The zero-order valence-corrected chi connectivity index (χ0v) is 42.3. The molecule has 70 heavy (non-hydrogen) atoms. The number of benzene rings is 4. The van der Waals surface area contributed by atoms with Crippen molar-refractivity contribution in [3.8, 4) is 22.4 Å². The highest BCUT2D eigenvalue weighted by molar-refractivity contribution is 6.44. The zero-order chi connectivity index (χ0) is 51.8. The summed E-state index contributed by atoms with van der Waals surface area (Å²) < 4.78 is 130. The standard InChI is InChI=1S/C57H65BF8N2O2/c1-52(2,3)40-21-13-36(14-22-40)44-29-46(38-17-25-42(26-18-38)54(7,8)9)67-47(44)31-49-45(37-15-23-41(24-16-37)53(4,5)6)30-48(39-19-27-43(28-20-39)55(10,11)12)68(49)58(69-34-56(63,64)50(61)32-59)70-35-57(65,66)51(62)33-60/h13-31,50-51H,32-35H2,1-12H3/b47-31-. The van der Waals surface area contributed by atoms with Gasteiger partial charge >= 0.3 is 19.1 Å². The van der Waals surface area contributed by atoms with E-state index in [0.717, 1.165) is 33.4 Å². The molecule has 1 aliphatic heterocycles. The Morgan fingerprint density at radius 3 is 1.26 bits per heavy atom. The Hall–Kier alpha value is -5.27. The molecule has 0 aliphatic carbocycles. The molecule has 1 aliphatic rings. The van der Waals surface area contributed by atoms with Crippen molar-refractivity contribution in [1.82, 2.24) is 4.48 Å². The van der Waals surface area contributed by atoms with Crippen molar-refractivity contribution in [2.75, 3.05) is 26.6 Å². The molecule has 0 saturated heterocycles. The van der Waals surface area contributed by atoms with E-state index >= 15 is 17.6 Å². The van der Waals surface area contributed by atoms with E-state index in [0.29, 0.717) is 33.7 Å². The summed E-state index contributed by atoms with van der Waals surface area (Å²) in [7, 11) is -2.28. The van der Waals surface area contributed by atoms with Crippen molar-refractivity contribution in [1.29, 1.82) is 0 Å². The number of halogens is 8. The Kier molecular flexibility index (Phi) is 15.8. The first-order chi connectivity index (χ1) is 32.4. The van der Waals surface area contributed by atoms with E-state index in [1.54, 1.807) is 24.3 Å². The maximum atomic E-state index is 15.3. The number of hydrogen-bond acceptors (Lipinski definition) is 3. The predicted molar refractivity (Wildman–Crippen MR) is 270 cm³/mol. The molecular formula is C57H65BF8N2O2. The van der Waals surface area contributed by atoms with Crippen molar-refractivity contribution < 1.29 is 44.4 Å². The summed E-state index contributed by atoms with van der Waals surface area (Å²) in [5, 5.41) is 0.